The number of hydrogen-bond acceptors (Lipinski definition) is 0. The molecule has 1 aliphatic carbocycles. The molecular weight excluding hydrogens is 312 g/mol. The lowest BCUT2D eigenvalue weighted by molar-refractivity contribution is 0.662. The molecule has 126 valence electrons. The summed E-state index contributed by atoms with van der Waals surface area (Å²) in [5.74, 6) is 0. The van der Waals surface area contributed by atoms with Gasteiger partial charge in [-0.15, -0.1) is 0 Å². The summed E-state index contributed by atoms with van der Waals surface area (Å²) >= 11 is 0. The quantitative estimate of drug-likeness (QED) is 0.347. The third-order valence-corrected chi connectivity index (χ3v) is 5.89. The van der Waals surface area contributed by atoms with Crippen LogP contribution in [0.15, 0.2) is 78.9 Å². The van der Waals surface area contributed by atoms with Crippen molar-refractivity contribution >= 4 is 10.8 Å². The van der Waals surface area contributed by atoms with Crippen LogP contribution in [0.5, 0.6) is 0 Å². The smallest absolute Gasteiger partial charge is 0.0165 e. The van der Waals surface area contributed by atoms with E-state index in [9.17, 15) is 0 Å². The summed E-state index contributed by atoms with van der Waals surface area (Å²) in [5.41, 5.74) is 9.63. The Morgan fingerprint density at radius 1 is 0.615 bits per heavy atom. The SMILES string of the molecule is Cc1ccc2cc(-c3cccc4c3C(C)(C)c3ccccc3-4)ccc2c1. The Morgan fingerprint density at radius 3 is 2.19 bits per heavy atom. The zero-order valence-electron chi connectivity index (χ0n) is 15.5. The van der Waals surface area contributed by atoms with Gasteiger partial charge in [0.05, 0.1) is 0 Å². The summed E-state index contributed by atoms with van der Waals surface area (Å²) in [6.45, 7) is 6.86. The molecule has 0 saturated heterocycles. The Hall–Kier alpha value is -2.86. The predicted octanol–water partition coefficient (Wildman–Crippen LogP) is 7.12. The average Bonchev–Trinajstić information content (AvgIpc) is 2.90. The number of fused-ring (bicyclic) bond motifs is 4. The van der Waals surface area contributed by atoms with Gasteiger partial charge >= 0.3 is 0 Å². The van der Waals surface area contributed by atoms with E-state index < -0.39 is 0 Å². The van der Waals surface area contributed by atoms with Crippen molar-refractivity contribution in [2.45, 2.75) is 26.2 Å². The third-order valence-electron chi connectivity index (χ3n) is 5.89. The first-order valence-corrected chi connectivity index (χ1v) is 9.30. The molecule has 0 aliphatic heterocycles. The third kappa shape index (κ3) is 2.08. The van der Waals surface area contributed by atoms with Gasteiger partial charge in [-0.1, -0.05) is 92.2 Å². The molecule has 0 atom stereocenters. The van der Waals surface area contributed by atoms with Gasteiger partial charge in [0, 0.05) is 5.41 Å². The Balaban J connectivity index is 1.77. The van der Waals surface area contributed by atoms with Gasteiger partial charge in [0.1, 0.15) is 0 Å². The zero-order chi connectivity index (χ0) is 17.9. The van der Waals surface area contributed by atoms with Crippen LogP contribution in [0.25, 0.3) is 33.0 Å². The topological polar surface area (TPSA) is 0 Å². The van der Waals surface area contributed by atoms with E-state index >= 15 is 0 Å². The second-order valence-electron chi connectivity index (χ2n) is 7.96. The van der Waals surface area contributed by atoms with Gasteiger partial charge in [-0.25, -0.2) is 0 Å². The molecule has 0 bridgehead atoms. The fraction of sp³-hybridized carbons (Fsp3) is 0.154. The van der Waals surface area contributed by atoms with Gasteiger partial charge in [0.15, 0.2) is 0 Å². The number of hydrogen-bond donors (Lipinski definition) is 0. The fourth-order valence-electron chi connectivity index (χ4n) is 4.62. The fourth-order valence-corrected chi connectivity index (χ4v) is 4.62. The van der Waals surface area contributed by atoms with Crippen molar-refractivity contribution in [3.05, 3.63) is 95.6 Å². The van der Waals surface area contributed by atoms with Gasteiger partial charge in [-0.3, -0.25) is 0 Å². The second-order valence-corrected chi connectivity index (χ2v) is 7.96. The van der Waals surface area contributed by atoms with Crippen molar-refractivity contribution in [3.8, 4) is 22.3 Å². The molecule has 0 N–H and O–H groups in total. The predicted molar refractivity (Wildman–Crippen MR) is 112 cm³/mol. The maximum atomic E-state index is 2.35. The average molecular weight is 334 g/mol. The first-order chi connectivity index (χ1) is 12.6. The van der Waals surface area contributed by atoms with Crippen LogP contribution < -0.4 is 0 Å². The van der Waals surface area contributed by atoms with Crippen molar-refractivity contribution < 1.29 is 0 Å². The first kappa shape index (κ1) is 15.4. The molecule has 0 saturated carbocycles. The van der Waals surface area contributed by atoms with Crippen LogP contribution in [0, 0.1) is 6.92 Å². The van der Waals surface area contributed by atoms with Crippen molar-refractivity contribution in [1.29, 1.82) is 0 Å². The molecule has 5 rings (SSSR count). The highest BCUT2D eigenvalue weighted by molar-refractivity contribution is 5.92. The van der Waals surface area contributed by atoms with Crippen molar-refractivity contribution in [2.24, 2.45) is 0 Å². The van der Waals surface area contributed by atoms with E-state index in [4.69, 9.17) is 0 Å². The summed E-state index contributed by atoms with van der Waals surface area (Å²) < 4.78 is 0. The van der Waals surface area contributed by atoms with Crippen LogP contribution in [0.1, 0.15) is 30.5 Å². The highest BCUT2D eigenvalue weighted by Crippen LogP contribution is 2.52. The Kier molecular flexibility index (Phi) is 3.15. The molecule has 0 amide bonds. The van der Waals surface area contributed by atoms with E-state index in [0.717, 1.165) is 0 Å². The van der Waals surface area contributed by atoms with E-state index in [-0.39, 0.29) is 5.41 Å². The molecule has 0 nitrogen and oxygen atoms in total. The minimum Gasteiger partial charge on any atom is -0.0619 e. The first-order valence-electron chi connectivity index (χ1n) is 9.30. The van der Waals surface area contributed by atoms with Crippen molar-refractivity contribution in [1.82, 2.24) is 0 Å². The van der Waals surface area contributed by atoms with Crippen LogP contribution in [0.3, 0.4) is 0 Å². The molecule has 0 aromatic heterocycles. The molecule has 0 spiro atoms. The summed E-state index contributed by atoms with van der Waals surface area (Å²) in [6.07, 6.45) is 0. The maximum Gasteiger partial charge on any atom is 0.0165 e. The van der Waals surface area contributed by atoms with E-state index in [0.29, 0.717) is 0 Å². The molecule has 0 radical (unpaired) electrons. The van der Waals surface area contributed by atoms with Gasteiger partial charge in [-0.05, 0) is 57.1 Å². The van der Waals surface area contributed by atoms with Crippen LogP contribution in [-0.4, -0.2) is 0 Å². The molecule has 0 unspecified atom stereocenters. The monoisotopic (exact) mass is 334 g/mol. The highest BCUT2D eigenvalue weighted by atomic mass is 14.4. The molecule has 0 fully saturated rings. The molecule has 0 heteroatoms. The van der Waals surface area contributed by atoms with Gasteiger partial charge in [0.2, 0.25) is 0 Å². The lowest BCUT2D eigenvalue weighted by Crippen LogP contribution is -2.16. The van der Waals surface area contributed by atoms with Gasteiger partial charge in [0.25, 0.3) is 0 Å². The van der Waals surface area contributed by atoms with E-state index in [1.54, 1.807) is 0 Å². The van der Waals surface area contributed by atoms with Gasteiger partial charge < -0.3 is 0 Å². The summed E-state index contributed by atoms with van der Waals surface area (Å²) in [5, 5.41) is 2.61. The molecule has 4 aromatic carbocycles. The normalized spacial score (nSPS) is 14.3. The summed E-state index contributed by atoms with van der Waals surface area (Å²) in [7, 11) is 0. The zero-order valence-corrected chi connectivity index (χ0v) is 15.5. The lowest BCUT2D eigenvalue weighted by Gasteiger charge is -2.24. The standard InChI is InChI=1S/C26H22/c1-17-11-12-19-16-20(14-13-18(19)15-17)21-8-6-9-23-22-7-4-5-10-24(22)26(2,3)25(21)23/h4-16H,1-3H3. The van der Waals surface area contributed by atoms with Crippen LogP contribution >= 0.6 is 0 Å². The van der Waals surface area contributed by atoms with Crippen LogP contribution in [0.4, 0.5) is 0 Å². The minimum atomic E-state index is 0.0186. The minimum absolute atomic E-state index is 0.0186. The summed E-state index contributed by atoms with van der Waals surface area (Å²) in [6, 6.07) is 29.2. The van der Waals surface area contributed by atoms with Crippen molar-refractivity contribution in [2.75, 3.05) is 0 Å². The van der Waals surface area contributed by atoms with E-state index in [1.807, 2.05) is 0 Å². The highest BCUT2D eigenvalue weighted by Gasteiger charge is 2.37. The Labute approximate surface area is 155 Å². The summed E-state index contributed by atoms with van der Waals surface area (Å²) in [4.78, 5) is 0. The van der Waals surface area contributed by atoms with E-state index in [2.05, 4.69) is 99.6 Å². The molecule has 4 aromatic rings. The second kappa shape index (κ2) is 5.32. The number of benzene rings is 4. The lowest BCUT2D eigenvalue weighted by atomic mass is 9.78. The van der Waals surface area contributed by atoms with Gasteiger partial charge in [-0.2, -0.15) is 0 Å². The Morgan fingerprint density at radius 2 is 1.31 bits per heavy atom. The Bertz CT molecular complexity index is 1160. The van der Waals surface area contributed by atoms with Crippen molar-refractivity contribution in [3.63, 3.8) is 0 Å². The number of aryl methyl sites for hydroxylation is 1. The number of rotatable bonds is 1. The largest absolute Gasteiger partial charge is 0.0619 e. The van der Waals surface area contributed by atoms with Crippen LogP contribution in [-0.2, 0) is 5.41 Å². The van der Waals surface area contributed by atoms with Crippen LogP contribution in [0.2, 0.25) is 0 Å². The molecule has 0 heterocycles. The molecular formula is C26H22. The molecule has 1 aliphatic rings. The molecule has 26 heavy (non-hydrogen) atoms. The maximum absolute atomic E-state index is 2.35. The van der Waals surface area contributed by atoms with E-state index in [1.165, 1.54) is 49.7 Å².